The van der Waals surface area contributed by atoms with Crippen LogP contribution in [0.3, 0.4) is 0 Å². The maximum Gasteiger partial charge on any atom is 0.316 e. The van der Waals surface area contributed by atoms with Crippen molar-refractivity contribution in [3.05, 3.63) is 57.5 Å². The Morgan fingerprint density at radius 3 is 2.45 bits per heavy atom. The van der Waals surface area contributed by atoms with Crippen molar-refractivity contribution in [2.24, 2.45) is 5.73 Å². The number of amides is 2. The maximum absolute atomic E-state index is 10.7. The number of halogens is 2. The first-order valence-corrected chi connectivity index (χ1v) is 7.06. The number of carbonyl (C=O) groups is 1. The molecule has 0 heterocycles. The van der Waals surface area contributed by atoms with Gasteiger partial charge in [-0.2, -0.15) is 0 Å². The minimum Gasteiger partial charge on any atom is -0.381 e. The molecule has 2 rings (SSSR count). The number of nitrogens with one attached hydrogen (secondary N) is 2. The summed E-state index contributed by atoms with van der Waals surface area (Å²) < 4.78 is 0.986. The Balaban J connectivity index is 2.00. The van der Waals surface area contributed by atoms with Gasteiger partial charge in [-0.05, 0) is 48.0 Å². The van der Waals surface area contributed by atoms with Crippen molar-refractivity contribution in [1.82, 2.24) is 0 Å². The Bertz CT molecular complexity index is 616. The van der Waals surface area contributed by atoms with Crippen molar-refractivity contribution >= 4 is 44.9 Å². The van der Waals surface area contributed by atoms with E-state index in [2.05, 4.69) is 26.6 Å². The zero-order valence-corrected chi connectivity index (χ0v) is 12.8. The third-order valence-corrected chi connectivity index (χ3v) is 3.51. The monoisotopic (exact) mass is 353 g/mol. The van der Waals surface area contributed by atoms with E-state index in [9.17, 15) is 4.79 Å². The van der Waals surface area contributed by atoms with Gasteiger partial charge in [-0.25, -0.2) is 4.79 Å². The zero-order chi connectivity index (χ0) is 14.5. The minimum absolute atomic E-state index is 0.577. The Morgan fingerprint density at radius 1 is 1.15 bits per heavy atom. The van der Waals surface area contributed by atoms with Gasteiger partial charge in [-0.1, -0.05) is 27.5 Å². The minimum atomic E-state index is -0.577. The molecule has 0 radical (unpaired) electrons. The zero-order valence-electron chi connectivity index (χ0n) is 10.5. The summed E-state index contributed by atoms with van der Waals surface area (Å²) in [7, 11) is 0. The summed E-state index contributed by atoms with van der Waals surface area (Å²) in [6.07, 6.45) is 0. The molecule has 0 aliphatic rings. The van der Waals surface area contributed by atoms with E-state index in [1.54, 1.807) is 12.1 Å². The van der Waals surface area contributed by atoms with Crippen LogP contribution in [0.25, 0.3) is 0 Å². The second-order valence-electron chi connectivity index (χ2n) is 4.16. The van der Waals surface area contributed by atoms with Gasteiger partial charge >= 0.3 is 6.03 Å². The highest BCUT2D eigenvalue weighted by Crippen LogP contribution is 2.22. The lowest BCUT2D eigenvalue weighted by molar-refractivity contribution is 0.259. The lowest BCUT2D eigenvalue weighted by Crippen LogP contribution is -2.19. The number of rotatable bonds is 4. The molecule has 0 bridgehead atoms. The molecule has 0 saturated heterocycles. The van der Waals surface area contributed by atoms with Crippen LogP contribution in [0.15, 0.2) is 46.9 Å². The lowest BCUT2D eigenvalue weighted by atomic mass is 10.2. The van der Waals surface area contributed by atoms with Crippen LogP contribution in [0.1, 0.15) is 5.56 Å². The van der Waals surface area contributed by atoms with Crippen molar-refractivity contribution in [3.63, 3.8) is 0 Å². The van der Waals surface area contributed by atoms with Gasteiger partial charge in [0.1, 0.15) is 0 Å². The van der Waals surface area contributed by atoms with E-state index in [1.807, 2.05) is 30.3 Å². The van der Waals surface area contributed by atoms with E-state index in [0.29, 0.717) is 17.3 Å². The predicted molar refractivity (Wildman–Crippen MR) is 86.1 cm³/mol. The molecule has 0 saturated carbocycles. The largest absolute Gasteiger partial charge is 0.381 e. The summed E-state index contributed by atoms with van der Waals surface area (Å²) in [5, 5.41) is 6.48. The first-order chi connectivity index (χ1) is 9.54. The van der Waals surface area contributed by atoms with Gasteiger partial charge < -0.3 is 16.4 Å². The average molecular weight is 355 g/mol. The van der Waals surface area contributed by atoms with Crippen molar-refractivity contribution < 1.29 is 4.79 Å². The third-order valence-electron chi connectivity index (χ3n) is 2.64. The molecule has 2 amide bonds. The number of hydrogen-bond donors (Lipinski definition) is 3. The van der Waals surface area contributed by atoms with Crippen LogP contribution in [-0.2, 0) is 6.54 Å². The SMILES string of the molecule is NC(=O)Nc1ccc(NCc2cc(Br)ccc2Cl)cc1. The molecule has 104 valence electrons. The third kappa shape index (κ3) is 4.15. The van der Waals surface area contributed by atoms with Gasteiger partial charge in [-0.3, -0.25) is 0 Å². The fourth-order valence-corrected chi connectivity index (χ4v) is 2.28. The molecular formula is C14H13BrClN3O. The standard InChI is InChI=1S/C14H13BrClN3O/c15-10-1-6-13(16)9(7-10)8-18-11-2-4-12(5-3-11)19-14(17)20/h1-7,18H,8H2,(H3,17,19,20). The lowest BCUT2D eigenvalue weighted by Gasteiger charge is -2.09. The highest BCUT2D eigenvalue weighted by atomic mass is 79.9. The van der Waals surface area contributed by atoms with Crippen molar-refractivity contribution in [2.45, 2.75) is 6.54 Å². The molecule has 4 N–H and O–H groups in total. The summed E-state index contributed by atoms with van der Waals surface area (Å²) in [6.45, 7) is 0.612. The van der Waals surface area contributed by atoms with E-state index < -0.39 is 6.03 Å². The highest BCUT2D eigenvalue weighted by Gasteiger charge is 2.02. The molecular weight excluding hydrogens is 342 g/mol. The second-order valence-corrected chi connectivity index (χ2v) is 5.48. The van der Waals surface area contributed by atoms with E-state index in [4.69, 9.17) is 17.3 Å². The maximum atomic E-state index is 10.7. The highest BCUT2D eigenvalue weighted by molar-refractivity contribution is 9.10. The van der Waals surface area contributed by atoms with Gasteiger partial charge in [0, 0.05) is 27.4 Å². The van der Waals surface area contributed by atoms with Crippen molar-refractivity contribution in [2.75, 3.05) is 10.6 Å². The number of carbonyl (C=O) groups excluding carboxylic acids is 1. The van der Waals surface area contributed by atoms with E-state index in [1.165, 1.54) is 0 Å². The van der Waals surface area contributed by atoms with Gasteiger partial charge in [0.2, 0.25) is 0 Å². The molecule has 6 heteroatoms. The smallest absolute Gasteiger partial charge is 0.316 e. The Labute approximate surface area is 130 Å². The van der Waals surface area contributed by atoms with E-state index in [-0.39, 0.29) is 0 Å². The molecule has 0 aliphatic heterocycles. The van der Waals surface area contributed by atoms with Crippen molar-refractivity contribution in [3.8, 4) is 0 Å². The molecule has 2 aromatic rings. The van der Waals surface area contributed by atoms with Gasteiger partial charge in [-0.15, -0.1) is 0 Å². The second kappa shape index (κ2) is 6.63. The van der Waals surface area contributed by atoms with Crippen LogP contribution in [0.2, 0.25) is 5.02 Å². The van der Waals surface area contributed by atoms with Crippen LogP contribution in [0.4, 0.5) is 16.2 Å². The fourth-order valence-electron chi connectivity index (χ4n) is 1.69. The van der Waals surface area contributed by atoms with Crippen molar-refractivity contribution in [1.29, 1.82) is 0 Å². The summed E-state index contributed by atoms with van der Waals surface area (Å²) in [5.74, 6) is 0. The van der Waals surface area contributed by atoms with Gasteiger partial charge in [0.05, 0.1) is 0 Å². The number of urea groups is 1. The molecule has 4 nitrogen and oxygen atoms in total. The first-order valence-electron chi connectivity index (χ1n) is 5.89. The molecule has 2 aromatic carbocycles. The molecule has 20 heavy (non-hydrogen) atoms. The Kier molecular flexibility index (Phi) is 4.87. The Morgan fingerprint density at radius 2 is 1.80 bits per heavy atom. The number of hydrogen-bond acceptors (Lipinski definition) is 2. The molecule has 0 spiro atoms. The Hall–Kier alpha value is -1.72. The average Bonchev–Trinajstić information content (AvgIpc) is 2.41. The first kappa shape index (κ1) is 14.7. The van der Waals surface area contributed by atoms with E-state index in [0.717, 1.165) is 15.7 Å². The molecule has 0 aliphatic carbocycles. The summed E-state index contributed by atoms with van der Waals surface area (Å²) in [4.78, 5) is 10.7. The van der Waals surface area contributed by atoms with Crippen LogP contribution in [0, 0.1) is 0 Å². The molecule has 0 unspecified atom stereocenters. The molecule has 0 aromatic heterocycles. The van der Waals surface area contributed by atoms with Crippen LogP contribution in [-0.4, -0.2) is 6.03 Å². The van der Waals surface area contributed by atoms with Gasteiger partial charge in [0.15, 0.2) is 0 Å². The summed E-state index contributed by atoms with van der Waals surface area (Å²) >= 11 is 9.54. The van der Waals surface area contributed by atoms with Crippen LogP contribution >= 0.6 is 27.5 Å². The quantitative estimate of drug-likeness (QED) is 0.770. The number of anilines is 2. The predicted octanol–water partition coefficient (Wildman–Crippen LogP) is 4.21. The number of benzene rings is 2. The summed E-state index contributed by atoms with van der Waals surface area (Å²) in [6, 6.07) is 12.4. The summed E-state index contributed by atoms with van der Waals surface area (Å²) in [5.41, 5.74) is 7.63. The molecule has 0 atom stereocenters. The number of primary amides is 1. The molecule has 0 fully saturated rings. The number of nitrogens with two attached hydrogens (primary N) is 1. The fraction of sp³-hybridized carbons (Fsp3) is 0.0714. The normalized spacial score (nSPS) is 10.1. The van der Waals surface area contributed by atoms with E-state index >= 15 is 0 Å². The van der Waals surface area contributed by atoms with Crippen LogP contribution < -0.4 is 16.4 Å². The van der Waals surface area contributed by atoms with Gasteiger partial charge in [0.25, 0.3) is 0 Å². The topological polar surface area (TPSA) is 67.2 Å². The van der Waals surface area contributed by atoms with Crippen LogP contribution in [0.5, 0.6) is 0 Å².